The van der Waals surface area contributed by atoms with Crippen molar-refractivity contribution in [2.24, 2.45) is 5.73 Å². The lowest BCUT2D eigenvalue weighted by Crippen LogP contribution is -2.47. The van der Waals surface area contributed by atoms with Gasteiger partial charge in [0, 0.05) is 45.3 Å². The van der Waals surface area contributed by atoms with E-state index in [0.29, 0.717) is 6.42 Å². The summed E-state index contributed by atoms with van der Waals surface area (Å²) in [5, 5.41) is 0. The van der Waals surface area contributed by atoms with Crippen molar-refractivity contribution in [3.8, 4) is 0 Å². The lowest BCUT2D eigenvalue weighted by atomic mass is 10.3. The van der Waals surface area contributed by atoms with Crippen LogP contribution in [0.15, 0.2) is 18.6 Å². The van der Waals surface area contributed by atoms with E-state index in [1.54, 1.807) is 12.5 Å². The molecule has 1 fully saturated rings. The average Bonchev–Trinajstić information content (AvgIpc) is 2.38. The molecule has 6 nitrogen and oxygen atoms in total. The molecule has 1 amide bonds. The van der Waals surface area contributed by atoms with Crippen molar-refractivity contribution in [2.45, 2.75) is 6.42 Å². The fourth-order valence-corrected chi connectivity index (χ4v) is 1.94. The molecule has 0 saturated carbocycles. The molecular formula is C11H17N5O. The quantitative estimate of drug-likeness (QED) is 0.759. The maximum Gasteiger partial charge on any atom is 0.218 e. The molecule has 92 valence electrons. The molecule has 1 saturated heterocycles. The minimum Gasteiger partial charge on any atom is -0.370 e. The molecule has 6 heteroatoms. The van der Waals surface area contributed by atoms with Gasteiger partial charge in [-0.1, -0.05) is 0 Å². The Morgan fingerprint density at radius 1 is 1.35 bits per heavy atom. The van der Waals surface area contributed by atoms with Crippen LogP contribution in [-0.4, -0.2) is 53.5 Å². The summed E-state index contributed by atoms with van der Waals surface area (Å²) in [6.07, 6.45) is 3.75. The van der Waals surface area contributed by atoms with Gasteiger partial charge < -0.3 is 10.6 Å². The van der Waals surface area contributed by atoms with E-state index in [1.807, 2.05) is 6.07 Å². The molecule has 2 heterocycles. The van der Waals surface area contributed by atoms with Gasteiger partial charge >= 0.3 is 0 Å². The number of nitrogens with zero attached hydrogens (tertiary/aromatic N) is 4. The van der Waals surface area contributed by atoms with E-state index in [-0.39, 0.29) is 5.91 Å². The maximum atomic E-state index is 10.7. The Labute approximate surface area is 100 Å². The Morgan fingerprint density at radius 2 is 2.12 bits per heavy atom. The summed E-state index contributed by atoms with van der Waals surface area (Å²) in [6, 6.07) is 1.92. The highest BCUT2D eigenvalue weighted by Gasteiger charge is 2.17. The summed E-state index contributed by atoms with van der Waals surface area (Å²) in [4.78, 5) is 23.3. The van der Waals surface area contributed by atoms with Crippen molar-refractivity contribution in [1.29, 1.82) is 0 Å². The number of piperazine rings is 1. The highest BCUT2D eigenvalue weighted by Crippen LogP contribution is 2.11. The predicted octanol–water partition coefficient (Wildman–Crippen LogP) is -0.526. The third-order valence-electron chi connectivity index (χ3n) is 2.94. The van der Waals surface area contributed by atoms with Gasteiger partial charge in [0.1, 0.15) is 12.1 Å². The standard InChI is InChI=1S/C11H17N5O/c12-10(17)2-4-15-5-7-16(8-6-15)11-1-3-13-9-14-11/h1,3,9H,2,4-8H2,(H2,12,17). The molecule has 1 aliphatic rings. The number of rotatable bonds is 4. The monoisotopic (exact) mass is 235 g/mol. The van der Waals surface area contributed by atoms with Crippen LogP contribution in [0.3, 0.4) is 0 Å². The lowest BCUT2D eigenvalue weighted by molar-refractivity contribution is -0.118. The number of carbonyl (C=O) groups excluding carboxylic acids is 1. The van der Waals surface area contributed by atoms with Crippen LogP contribution in [0.5, 0.6) is 0 Å². The van der Waals surface area contributed by atoms with Crippen LogP contribution in [0, 0.1) is 0 Å². The van der Waals surface area contributed by atoms with Gasteiger partial charge in [-0.05, 0) is 6.07 Å². The minimum absolute atomic E-state index is 0.233. The number of aromatic nitrogens is 2. The third-order valence-corrected chi connectivity index (χ3v) is 2.94. The number of hydrogen-bond acceptors (Lipinski definition) is 5. The number of carbonyl (C=O) groups is 1. The fourth-order valence-electron chi connectivity index (χ4n) is 1.94. The SMILES string of the molecule is NC(=O)CCN1CCN(c2ccncn2)CC1. The molecule has 0 aliphatic carbocycles. The number of hydrogen-bond donors (Lipinski definition) is 1. The molecule has 0 aromatic carbocycles. The van der Waals surface area contributed by atoms with Gasteiger partial charge in [0.05, 0.1) is 0 Å². The Hall–Kier alpha value is -1.69. The van der Waals surface area contributed by atoms with Gasteiger partial charge in [0.25, 0.3) is 0 Å². The Morgan fingerprint density at radius 3 is 2.71 bits per heavy atom. The zero-order valence-corrected chi connectivity index (χ0v) is 9.75. The topological polar surface area (TPSA) is 75.4 Å². The summed E-state index contributed by atoms with van der Waals surface area (Å²) < 4.78 is 0. The van der Waals surface area contributed by atoms with Crippen LogP contribution in [0.1, 0.15) is 6.42 Å². The molecule has 1 aliphatic heterocycles. The Bertz CT molecular complexity index is 361. The van der Waals surface area contributed by atoms with Gasteiger partial charge in [0.15, 0.2) is 0 Å². The Kier molecular flexibility index (Phi) is 3.87. The zero-order valence-electron chi connectivity index (χ0n) is 9.75. The molecule has 2 rings (SSSR count). The fraction of sp³-hybridized carbons (Fsp3) is 0.545. The molecule has 17 heavy (non-hydrogen) atoms. The molecule has 1 aromatic heterocycles. The number of anilines is 1. The van der Waals surface area contributed by atoms with E-state index in [2.05, 4.69) is 19.8 Å². The van der Waals surface area contributed by atoms with E-state index in [0.717, 1.165) is 38.5 Å². The van der Waals surface area contributed by atoms with Crippen LogP contribution in [0.2, 0.25) is 0 Å². The molecule has 0 bridgehead atoms. The van der Waals surface area contributed by atoms with Crippen molar-refractivity contribution >= 4 is 11.7 Å². The minimum atomic E-state index is -0.233. The van der Waals surface area contributed by atoms with Crippen LogP contribution in [-0.2, 0) is 4.79 Å². The number of nitrogens with two attached hydrogens (primary N) is 1. The summed E-state index contributed by atoms with van der Waals surface area (Å²) in [5.74, 6) is 0.734. The van der Waals surface area contributed by atoms with Gasteiger partial charge in [-0.3, -0.25) is 9.69 Å². The van der Waals surface area contributed by atoms with Gasteiger partial charge in [0.2, 0.25) is 5.91 Å². The van der Waals surface area contributed by atoms with Gasteiger partial charge in [-0.15, -0.1) is 0 Å². The van der Waals surface area contributed by atoms with E-state index in [4.69, 9.17) is 5.73 Å². The van der Waals surface area contributed by atoms with E-state index >= 15 is 0 Å². The number of amides is 1. The molecule has 0 unspecified atom stereocenters. The van der Waals surface area contributed by atoms with Crippen molar-refractivity contribution in [2.75, 3.05) is 37.6 Å². The van der Waals surface area contributed by atoms with Crippen LogP contribution in [0.4, 0.5) is 5.82 Å². The van der Waals surface area contributed by atoms with Crippen molar-refractivity contribution in [3.05, 3.63) is 18.6 Å². The molecule has 0 spiro atoms. The smallest absolute Gasteiger partial charge is 0.218 e. The second kappa shape index (κ2) is 5.58. The molecule has 2 N–H and O–H groups in total. The van der Waals surface area contributed by atoms with E-state index in [9.17, 15) is 4.79 Å². The first kappa shape index (κ1) is 11.8. The average molecular weight is 235 g/mol. The van der Waals surface area contributed by atoms with Crippen molar-refractivity contribution in [3.63, 3.8) is 0 Å². The second-order valence-corrected chi connectivity index (χ2v) is 4.11. The maximum absolute atomic E-state index is 10.7. The Balaban J connectivity index is 1.80. The van der Waals surface area contributed by atoms with Gasteiger partial charge in [-0.2, -0.15) is 0 Å². The van der Waals surface area contributed by atoms with Crippen LogP contribution in [0.25, 0.3) is 0 Å². The van der Waals surface area contributed by atoms with Gasteiger partial charge in [-0.25, -0.2) is 9.97 Å². The van der Waals surface area contributed by atoms with Crippen molar-refractivity contribution < 1.29 is 4.79 Å². The van der Waals surface area contributed by atoms with E-state index < -0.39 is 0 Å². The van der Waals surface area contributed by atoms with Crippen molar-refractivity contribution in [1.82, 2.24) is 14.9 Å². The van der Waals surface area contributed by atoms with Crippen LogP contribution < -0.4 is 10.6 Å². The summed E-state index contributed by atoms with van der Waals surface area (Å²) in [5.41, 5.74) is 5.14. The zero-order chi connectivity index (χ0) is 12.1. The van der Waals surface area contributed by atoms with E-state index in [1.165, 1.54) is 0 Å². The summed E-state index contributed by atoms with van der Waals surface area (Å²) in [6.45, 7) is 4.49. The highest BCUT2D eigenvalue weighted by molar-refractivity contribution is 5.73. The first-order chi connectivity index (χ1) is 8.25. The third kappa shape index (κ3) is 3.39. The van der Waals surface area contributed by atoms with Crippen LogP contribution >= 0.6 is 0 Å². The molecule has 0 radical (unpaired) electrons. The molecule has 0 atom stereocenters. The normalized spacial score (nSPS) is 17.1. The first-order valence-electron chi connectivity index (χ1n) is 5.77. The summed E-state index contributed by atoms with van der Waals surface area (Å²) in [7, 11) is 0. The first-order valence-corrected chi connectivity index (χ1v) is 5.77. The predicted molar refractivity (Wildman–Crippen MR) is 64.5 cm³/mol. The molecular weight excluding hydrogens is 218 g/mol. The lowest BCUT2D eigenvalue weighted by Gasteiger charge is -2.35. The summed E-state index contributed by atoms with van der Waals surface area (Å²) >= 11 is 0. The highest BCUT2D eigenvalue weighted by atomic mass is 16.1. The number of primary amides is 1. The second-order valence-electron chi connectivity index (χ2n) is 4.11. The largest absolute Gasteiger partial charge is 0.370 e. The molecule has 1 aromatic rings.